The first-order valence-corrected chi connectivity index (χ1v) is 1.67. The molecule has 0 fully saturated rings. The fourth-order valence-electron chi connectivity index (χ4n) is 0.321. The molecule has 0 nitrogen and oxygen atoms in total. The Kier molecular flexibility index (Phi) is 0.615. The Balaban J connectivity index is 2.61. The zero-order chi connectivity index (χ0) is 3.54. The van der Waals surface area contributed by atoms with E-state index in [2.05, 4.69) is 0 Å². The first-order chi connectivity index (χ1) is 2.50. The van der Waals surface area contributed by atoms with Crippen LogP contribution >= 0.6 is 0 Å². The molecular formula is C4H4B. The molecule has 0 saturated heterocycles. The van der Waals surface area contributed by atoms with Gasteiger partial charge in [0.05, 0.1) is 0 Å². The van der Waals surface area contributed by atoms with Crippen LogP contribution in [0, 0.1) is 0 Å². The van der Waals surface area contributed by atoms with Crippen LogP contribution in [-0.2, 0) is 0 Å². The molecule has 1 radical (unpaired) electrons. The van der Waals surface area contributed by atoms with Gasteiger partial charge in [-0.25, -0.2) is 0 Å². The van der Waals surface area contributed by atoms with E-state index in [1.54, 1.807) is 0 Å². The minimum atomic E-state index is 2.00. The number of allylic oxidation sites excluding steroid dienone is 2. The van der Waals surface area contributed by atoms with Gasteiger partial charge in [0.1, 0.15) is 0 Å². The highest BCUT2D eigenvalue weighted by molar-refractivity contribution is 6.49. The van der Waals surface area contributed by atoms with Crippen LogP contribution in [0.3, 0.4) is 0 Å². The molecule has 1 rings (SSSR count). The minimum absolute atomic E-state index is 2.00. The van der Waals surface area contributed by atoms with Gasteiger partial charge in [-0.2, -0.15) is 0 Å². The lowest BCUT2D eigenvalue weighted by Crippen LogP contribution is -1.63. The fraction of sp³-hybridized carbons (Fsp3) is 0. The quantitative estimate of drug-likeness (QED) is 0.363. The van der Waals surface area contributed by atoms with Crippen molar-refractivity contribution < 1.29 is 0 Å². The molecule has 1 heterocycles. The van der Waals surface area contributed by atoms with E-state index in [0.717, 1.165) is 0 Å². The molecule has 0 aromatic carbocycles. The van der Waals surface area contributed by atoms with Crippen molar-refractivity contribution in [1.29, 1.82) is 0 Å². The standard InChI is InChI=1S/C4H4B/c1-2-4-5-3-1/h1-4H. The van der Waals surface area contributed by atoms with Crippen LogP contribution in [0.1, 0.15) is 0 Å². The van der Waals surface area contributed by atoms with Gasteiger partial charge >= 0.3 is 0 Å². The molecule has 23 valence electrons. The first kappa shape index (κ1) is 2.76. The summed E-state index contributed by atoms with van der Waals surface area (Å²) in [7, 11) is 2.00. The van der Waals surface area contributed by atoms with Crippen molar-refractivity contribution in [3.63, 3.8) is 0 Å². The molecule has 1 aliphatic heterocycles. The molecule has 0 amide bonds. The monoisotopic (exact) mass is 63.0 g/mol. The van der Waals surface area contributed by atoms with Crippen molar-refractivity contribution in [3.8, 4) is 0 Å². The number of hydrogen-bond acceptors (Lipinski definition) is 0. The van der Waals surface area contributed by atoms with Gasteiger partial charge in [0, 0.05) is 0 Å². The molecule has 0 saturated carbocycles. The van der Waals surface area contributed by atoms with Crippen molar-refractivity contribution in [3.05, 3.63) is 24.1 Å². The highest BCUT2D eigenvalue weighted by atomic mass is 13.6. The third-order valence-electron chi connectivity index (χ3n) is 0.556. The van der Waals surface area contributed by atoms with Gasteiger partial charge < -0.3 is 0 Å². The van der Waals surface area contributed by atoms with Crippen molar-refractivity contribution in [1.82, 2.24) is 0 Å². The normalized spacial score (nSPS) is 16.0. The van der Waals surface area contributed by atoms with Gasteiger partial charge in [-0.1, -0.05) is 12.2 Å². The summed E-state index contributed by atoms with van der Waals surface area (Å²) in [6.45, 7) is 0. The molecule has 0 aromatic rings. The highest BCUT2D eigenvalue weighted by Crippen LogP contribution is 1.82. The SMILES string of the molecule is [B]1C=CC=C1. The second kappa shape index (κ2) is 1.11. The van der Waals surface area contributed by atoms with E-state index >= 15 is 0 Å². The van der Waals surface area contributed by atoms with Crippen LogP contribution in [0.2, 0.25) is 0 Å². The Hall–Kier alpha value is -0.455. The smallest absolute Gasteiger partial charge is 0.117 e. The van der Waals surface area contributed by atoms with Crippen molar-refractivity contribution >= 4 is 7.28 Å². The molecule has 0 aliphatic carbocycles. The van der Waals surface area contributed by atoms with Crippen LogP contribution in [0.5, 0.6) is 0 Å². The van der Waals surface area contributed by atoms with Crippen molar-refractivity contribution in [2.45, 2.75) is 0 Å². The Morgan fingerprint density at radius 1 is 1.00 bits per heavy atom. The predicted octanol–water partition coefficient (Wildman–Crippen LogP) is 0.732. The zero-order valence-electron chi connectivity index (χ0n) is 2.89. The summed E-state index contributed by atoms with van der Waals surface area (Å²) in [5.41, 5.74) is 0. The minimum Gasteiger partial charge on any atom is -0.117 e. The summed E-state index contributed by atoms with van der Waals surface area (Å²) >= 11 is 0. The van der Waals surface area contributed by atoms with E-state index < -0.39 is 0 Å². The average molecular weight is 62.9 g/mol. The summed E-state index contributed by atoms with van der Waals surface area (Å²) in [5, 5.41) is 0. The van der Waals surface area contributed by atoms with Gasteiger partial charge in [-0.15, -0.1) is 12.0 Å². The number of rotatable bonds is 0. The lowest BCUT2D eigenvalue weighted by molar-refractivity contribution is 2.15. The second-order valence-corrected chi connectivity index (χ2v) is 0.962. The Bertz CT molecular complexity index is 61.7. The molecule has 0 spiro atoms. The van der Waals surface area contributed by atoms with Gasteiger partial charge in [0.15, 0.2) is 7.28 Å². The van der Waals surface area contributed by atoms with Crippen LogP contribution in [0.4, 0.5) is 0 Å². The largest absolute Gasteiger partial charge is 0.171 e. The maximum absolute atomic E-state index is 2.00. The summed E-state index contributed by atoms with van der Waals surface area (Å²) in [6.07, 6.45) is 4.00. The Morgan fingerprint density at radius 2 is 1.60 bits per heavy atom. The lowest BCUT2D eigenvalue weighted by Gasteiger charge is -1.51. The van der Waals surface area contributed by atoms with Gasteiger partial charge in [-0.3, -0.25) is 0 Å². The van der Waals surface area contributed by atoms with Crippen LogP contribution < -0.4 is 0 Å². The molecular weight excluding hydrogens is 58.9 g/mol. The van der Waals surface area contributed by atoms with E-state index in [1.165, 1.54) is 0 Å². The van der Waals surface area contributed by atoms with E-state index in [-0.39, 0.29) is 0 Å². The molecule has 0 N–H and O–H groups in total. The third kappa shape index (κ3) is 0.410. The van der Waals surface area contributed by atoms with Gasteiger partial charge in [-0.05, 0) is 0 Å². The van der Waals surface area contributed by atoms with E-state index in [1.807, 2.05) is 31.4 Å². The molecule has 0 aromatic heterocycles. The highest BCUT2D eigenvalue weighted by Gasteiger charge is 1.75. The average Bonchev–Trinajstić information content (AvgIpc) is 1.76. The topological polar surface area (TPSA) is 0 Å². The van der Waals surface area contributed by atoms with E-state index in [4.69, 9.17) is 0 Å². The number of hydrogen-bond donors (Lipinski definition) is 0. The van der Waals surface area contributed by atoms with Crippen LogP contribution in [0.15, 0.2) is 24.1 Å². The van der Waals surface area contributed by atoms with Crippen LogP contribution in [-0.4, -0.2) is 7.28 Å². The zero-order valence-corrected chi connectivity index (χ0v) is 2.89. The van der Waals surface area contributed by atoms with Crippen molar-refractivity contribution in [2.24, 2.45) is 0 Å². The third-order valence-corrected chi connectivity index (χ3v) is 0.556. The predicted molar refractivity (Wildman–Crippen MR) is 24.0 cm³/mol. The van der Waals surface area contributed by atoms with E-state index in [0.29, 0.717) is 0 Å². The van der Waals surface area contributed by atoms with Crippen molar-refractivity contribution in [2.75, 3.05) is 0 Å². The molecule has 0 atom stereocenters. The summed E-state index contributed by atoms with van der Waals surface area (Å²) in [4.78, 5) is 0. The summed E-state index contributed by atoms with van der Waals surface area (Å²) in [6, 6.07) is 0. The molecule has 5 heavy (non-hydrogen) atoms. The maximum Gasteiger partial charge on any atom is 0.171 e. The second-order valence-electron chi connectivity index (χ2n) is 0.962. The van der Waals surface area contributed by atoms with Gasteiger partial charge in [0.25, 0.3) is 0 Å². The fourth-order valence-corrected chi connectivity index (χ4v) is 0.321. The summed E-state index contributed by atoms with van der Waals surface area (Å²) < 4.78 is 0. The maximum atomic E-state index is 2.00. The summed E-state index contributed by atoms with van der Waals surface area (Å²) in [5.74, 6) is 4.00. The van der Waals surface area contributed by atoms with E-state index in [9.17, 15) is 0 Å². The Labute approximate surface area is 32.4 Å². The lowest BCUT2D eigenvalue weighted by atomic mass is 9.83. The Morgan fingerprint density at radius 3 is 1.80 bits per heavy atom. The van der Waals surface area contributed by atoms with Gasteiger partial charge in [0.2, 0.25) is 0 Å². The first-order valence-electron chi connectivity index (χ1n) is 1.67. The van der Waals surface area contributed by atoms with Crippen LogP contribution in [0.25, 0.3) is 0 Å². The molecule has 0 unspecified atom stereocenters. The molecule has 0 bridgehead atoms. The molecule has 1 heteroatoms. The molecule has 1 aliphatic rings.